The summed E-state index contributed by atoms with van der Waals surface area (Å²) in [4.78, 5) is 16.9. The number of piperidine rings is 1. The van der Waals surface area contributed by atoms with E-state index in [4.69, 9.17) is 0 Å². The fourth-order valence-corrected chi connectivity index (χ4v) is 2.53. The highest BCUT2D eigenvalue weighted by Crippen LogP contribution is 2.26. The van der Waals surface area contributed by atoms with Crippen LogP contribution in [0.2, 0.25) is 0 Å². The second-order valence-electron chi connectivity index (χ2n) is 5.21. The van der Waals surface area contributed by atoms with Crippen LogP contribution in [-0.2, 0) is 0 Å². The van der Waals surface area contributed by atoms with Crippen molar-refractivity contribution in [3.05, 3.63) is 27.9 Å². The molecule has 0 aromatic carbocycles. The molecule has 0 saturated carbocycles. The molecule has 19 heavy (non-hydrogen) atoms. The molecule has 1 aromatic rings. The molecule has 1 atom stereocenters. The lowest BCUT2D eigenvalue weighted by molar-refractivity contribution is -0.384. The molecule has 1 N–H and O–H groups in total. The lowest BCUT2D eigenvalue weighted by Gasteiger charge is -2.28. The summed E-state index contributed by atoms with van der Waals surface area (Å²) in [6.07, 6.45) is 4.01. The minimum Gasteiger partial charge on any atom is -0.354 e. The van der Waals surface area contributed by atoms with Gasteiger partial charge >= 0.3 is 5.69 Å². The van der Waals surface area contributed by atoms with E-state index in [9.17, 15) is 10.1 Å². The fourth-order valence-electron chi connectivity index (χ4n) is 2.53. The third-order valence-electron chi connectivity index (χ3n) is 3.47. The predicted octanol–water partition coefficient (Wildman–Crippen LogP) is 1.73. The normalized spacial score (nSPS) is 19.2. The molecule has 0 aliphatic carbocycles. The van der Waals surface area contributed by atoms with Crippen LogP contribution >= 0.6 is 0 Å². The van der Waals surface area contributed by atoms with E-state index < -0.39 is 0 Å². The zero-order chi connectivity index (χ0) is 13.8. The van der Waals surface area contributed by atoms with Gasteiger partial charge in [-0.25, -0.2) is 4.98 Å². The van der Waals surface area contributed by atoms with Gasteiger partial charge in [0.05, 0.1) is 4.92 Å². The maximum Gasteiger partial charge on any atom is 0.311 e. The summed E-state index contributed by atoms with van der Waals surface area (Å²) < 4.78 is 0. The zero-order valence-electron chi connectivity index (χ0n) is 11.4. The van der Waals surface area contributed by atoms with Crippen LogP contribution in [0.15, 0.2) is 12.3 Å². The Hall–Kier alpha value is -1.69. The number of aromatic nitrogens is 1. The van der Waals surface area contributed by atoms with E-state index >= 15 is 0 Å². The van der Waals surface area contributed by atoms with E-state index in [0.717, 1.165) is 31.6 Å². The summed E-state index contributed by atoms with van der Waals surface area (Å²) in [5, 5.41) is 14.5. The Kier molecular flexibility index (Phi) is 4.31. The molecule has 0 bridgehead atoms. The summed E-state index contributed by atoms with van der Waals surface area (Å²) >= 11 is 0. The molecule has 2 rings (SSSR count). The quantitative estimate of drug-likeness (QED) is 0.662. The number of anilines is 1. The van der Waals surface area contributed by atoms with Gasteiger partial charge in [0.25, 0.3) is 0 Å². The molecule has 1 aliphatic heterocycles. The summed E-state index contributed by atoms with van der Waals surface area (Å²) in [7, 11) is 1.87. The van der Waals surface area contributed by atoms with Gasteiger partial charge in [0.1, 0.15) is 0 Å². The van der Waals surface area contributed by atoms with Crippen LogP contribution in [0.5, 0.6) is 0 Å². The van der Waals surface area contributed by atoms with Gasteiger partial charge in [-0.3, -0.25) is 10.1 Å². The number of hydrogen-bond donors (Lipinski definition) is 1. The Morgan fingerprint density at radius 1 is 1.63 bits per heavy atom. The Bertz CT molecular complexity index is 458. The highest BCUT2D eigenvalue weighted by molar-refractivity contribution is 5.58. The van der Waals surface area contributed by atoms with Crippen LogP contribution < -0.4 is 10.2 Å². The van der Waals surface area contributed by atoms with Gasteiger partial charge in [0.2, 0.25) is 5.82 Å². The third kappa shape index (κ3) is 3.41. The van der Waals surface area contributed by atoms with E-state index in [1.165, 1.54) is 6.42 Å². The zero-order valence-corrected chi connectivity index (χ0v) is 11.4. The van der Waals surface area contributed by atoms with Crippen LogP contribution in [-0.4, -0.2) is 36.6 Å². The van der Waals surface area contributed by atoms with Crippen LogP contribution in [0.25, 0.3) is 0 Å². The van der Waals surface area contributed by atoms with Crippen molar-refractivity contribution in [3.63, 3.8) is 0 Å². The molecular formula is C13H20N4O2. The number of rotatable bonds is 4. The van der Waals surface area contributed by atoms with Gasteiger partial charge in [0, 0.05) is 25.9 Å². The van der Waals surface area contributed by atoms with Crippen molar-refractivity contribution >= 4 is 11.5 Å². The maximum absolute atomic E-state index is 11.1. The first-order valence-electron chi connectivity index (χ1n) is 6.61. The Labute approximate surface area is 113 Å². The van der Waals surface area contributed by atoms with E-state index in [-0.39, 0.29) is 10.6 Å². The third-order valence-corrected chi connectivity index (χ3v) is 3.47. The maximum atomic E-state index is 11.1. The van der Waals surface area contributed by atoms with Crippen molar-refractivity contribution in [2.75, 3.05) is 31.6 Å². The van der Waals surface area contributed by atoms with Crippen LogP contribution in [0.3, 0.4) is 0 Å². The number of nitrogens with zero attached hydrogens (tertiary/aromatic N) is 3. The van der Waals surface area contributed by atoms with Crippen LogP contribution in [0.4, 0.5) is 11.5 Å². The first-order chi connectivity index (χ1) is 9.08. The topological polar surface area (TPSA) is 71.3 Å². The van der Waals surface area contributed by atoms with Gasteiger partial charge in [-0.2, -0.15) is 0 Å². The molecule has 0 spiro atoms. The second-order valence-corrected chi connectivity index (χ2v) is 5.21. The molecule has 1 unspecified atom stereocenters. The summed E-state index contributed by atoms with van der Waals surface area (Å²) in [5.74, 6) is 0.989. The van der Waals surface area contributed by atoms with Crippen molar-refractivity contribution in [1.82, 2.24) is 10.3 Å². The Balaban J connectivity index is 2.13. The lowest BCUT2D eigenvalue weighted by atomic mass is 9.99. The lowest BCUT2D eigenvalue weighted by Crippen LogP contribution is -2.37. The molecule has 0 radical (unpaired) electrons. The van der Waals surface area contributed by atoms with Gasteiger partial charge < -0.3 is 10.2 Å². The summed E-state index contributed by atoms with van der Waals surface area (Å²) in [6.45, 7) is 4.66. The fraction of sp³-hybridized carbons (Fsp3) is 0.615. The Morgan fingerprint density at radius 2 is 2.42 bits per heavy atom. The summed E-state index contributed by atoms with van der Waals surface area (Å²) in [6, 6.07) is 1.58. The monoisotopic (exact) mass is 264 g/mol. The van der Waals surface area contributed by atoms with Crippen molar-refractivity contribution < 1.29 is 4.92 Å². The van der Waals surface area contributed by atoms with Crippen LogP contribution in [0.1, 0.15) is 18.4 Å². The van der Waals surface area contributed by atoms with Crippen molar-refractivity contribution in [3.8, 4) is 0 Å². The van der Waals surface area contributed by atoms with E-state index in [1.54, 1.807) is 12.3 Å². The average molecular weight is 264 g/mol. The van der Waals surface area contributed by atoms with Gasteiger partial charge in [-0.15, -0.1) is 0 Å². The highest BCUT2D eigenvalue weighted by atomic mass is 16.6. The molecule has 1 aromatic heterocycles. The molecule has 1 fully saturated rings. The number of pyridine rings is 1. The molecule has 0 amide bonds. The van der Waals surface area contributed by atoms with Crippen LogP contribution in [0, 0.1) is 23.0 Å². The molecule has 2 heterocycles. The molecule has 6 heteroatoms. The smallest absolute Gasteiger partial charge is 0.311 e. The SMILES string of the molecule is Cc1cnc(N(C)CC2CCCNC2)c([N+](=O)[O-])c1. The number of aryl methyl sites for hydroxylation is 1. The second kappa shape index (κ2) is 5.97. The van der Waals surface area contributed by atoms with E-state index in [1.807, 2.05) is 18.9 Å². The minimum atomic E-state index is -0.356. The number of nitro groups is 1. The first kappa shape index (κ1) is 13.7. The van der Waals surface area contributed by atoms with Crippen molar-refractivity contribution in [1.29, 1.82) is 0 Å². The molecule has 1 aliphatic rings. The molecular weight excluding hydrogens is 244 g/mol. The van der Waals surface area contributed by atoms with Gasteiger partial charge in [-0.05, 0) is 44.3 Å². The first-order valence-corrected chi connectivity index (χ1v) is 6.61. The van der Waals surface area contributed by atoms with Gasteiger partial charge in [-0.1, -0.05) is 0 Å². The van der Waals surface area contributed by atoms with Crippen molar-refractivity contribution in [2.45, 2.75) is 19.8 Å². The molecule has 1 saturated heterocycles. The van der Waals surface area contributed by atoms with E-state index in [2.05, 4.69) is 10.3 Å². The Morgan fingerprint density at radius 3 is 3.05 bits per heavy atom. The molecule has 6 nitrogen and oxygen atoms in total. The van der Waals surface area contributed by atoms with E-state index in [0.29, 0.717) is 11.7 Å². The average Bonchev–Trinajstić information content (AvgIpc) is 2.39. The minimum absolute atomic E-state index is 0.0891. The number of nitrogens with one attached hydrogen (secondary N) is 1. The predicted molar refractivity (Wildman–Crippen MR) is 74.5 cm³/mol. The highest BCUT2D eigenvalue weighted by Gasteiger charge is 2.22. The standard InChI is InChI=1S/C13H20N4O2/c1-10-6-12(17(18)19)13(15-7-10)16(2)9-11-4-3-5-14-8-11/h6-7,11,14H,3-5,8-9H2,1-2H3. The van der Waals surface area contributed by atoms with Gasteiger partial charge in [0.15, 0.2) is 0 Å². The number of hydrogen-bond acceptors (Lipinski definition) is 5. The largest absolute Gasteiger partial charge is 0.354 e. The molecule has 104 valence electrons. The van der Waals surface area contributed by atoms with Crippen molar-refractivity contribution in [2.24, 2.45) is 5.92 Å². The summed E-state index contributed by atoms with van der Waals surface area (Å²) in [5.41, 5.74) is 0.898.